The summed E-state index contributed by atoms with van der Waals surface area (Å²) in [4.78, 5) is 27.4. The lowest BCUT2D eigenvalue weighted by atomic mass is 10.1. The lowest BCUT2D eigenvalue weighted by Crippen LogP contribution is -2.13. The van der Waals surface area contributed by atoms with Gasteiger partial charge in [0.15, 0.2) is 5.58 Å². The number of nitrogens with zero attached hydrogens (tertiary/aromatic N) is 2. The fourth-order valence-corrected chi connectivity index (χ4v) is 2.87. The van der Waals surface area contributed by atoms with Gasteiger partial charge in [-0.25, -0.2) is 4.98 Å². The SMILES string of the molecule is O=C(Nc1ccc2oc(-c3ccc(Cl)cc3)nc2c1)c1ccccc1[N+](=O)[O-]. The van der Waals surface area contributed by atoms with E-state index in [1.54, 1.807) is 48.5 Å². The third-order valence-electron chi connectivity index (χ3n) is 4.08. The molecule has 0 fully saturated rings. The van der Waals surface area contributed by atoms with Crippen LogP contribution in [-0.4, -0.2) is 15.8 Å². The molecule has 138 valence electrons. The van der Waals surface area contributed by atoms with Crippen LogP contribution < -0.4 is 5.32 Å². The lowest BCUT2D eigenvalue weighted by molar-refractivity contribution is -0.385. The Morgan fingerprint density at radius 1 is 1.07 bits per heavy atom. The number of fused-ring (bicyclic) bond motifs is 1. The molecule has 0 aliphatic rings. The lowest BCUT2D eigenvalue weighted by Gasteiger charge is -2.05. The molecule has 1 aromatic heterocycles. The minimum atomic E-state index is -0.589. The molecule has 1 N–H and O–H groups in total. The summed E-state index contributed by atoms with van der Waals surface area (Å²) >= 11 is 5.89. The van der Waals surface area contributed by atoms with Crippen molar-refractivity contribution < 1.29 is 14.1 Å². The van der Waals surface area contributed by atoms with Crippen LogP contribution in [0.3, 0.4) is 0 Å². The Bertz CT molecular complexity index is 1200. The number of nitro benzene ring substituents is 1. The number of nitrogens with one attached hydrogen (secondary N) is 1. The van der Waals surface area contributed by atoms with Crippen LogP contribution in [-0.2, 0) is 0 Å². The van der Waals surface area contributed by atoms with Crippen LogP contribution in [0.1, 0.15) is 10.4 Å². The number of para-hydroxylation sites is 1. The zero-order valence-corrected chi connectivity index (χ0v) is 15.0. The van der Waals surface area contributed by atoms with Gasteiger partial charge in [-0.1, -0.05) is 23.7 Å². The molecule has 0 aliphatic heterocycles. The molecular weight excluding hydrogens is 382 g/mol. The second kappa shape index (κ2) is 7.13. The molecule has 1 amide bonds. The van der Waals surface area contributed by atoms with Gasteiger partial charge in [-0.3, -0.25) is 14.9 Å². The summed E-state index contributed by atoms with van der Waals surface area (Å²) < 4.78 is 5.73. The van der Waals surface area contributed by atoms with E-state index < -0.39 is 10.8 Å². The molecule has 0 atom stereocenters. The van der Waals surface area contributed by atoms with E-state index in [1.807, 2.05) is 0 Å². The van der Waals surface area contributed by atoms with Gasteiger partial charge in [-0.15, -0.1) is 0 Å². The van der Waals surface area contributed by atoms with E-state index in [4.69, 9.17) is 16.0 Å². The van der Waals surface area contributed by atoms with Gasteiger partial charge in [0.1, 0.15) is 11.1 Å². The smallest absolute Gasteiger partial charge is 0.282 e. The van der Waals surface area contributed by atoms with Crippen molar-refractivity contribution in [2.24, 2.45) is 0 Å². The second-order valence-electron chi connectivity index (χ2n) is 5.94. The first-order chi connectivity index (χ1) is 13.5. The largest absolute Gasteiger partial charge is 0.436 e. The van der Waals surface area contributed by atoms with E-state index in [1.165, 1.54) is 18.2 Å². The molecule has 0 saturated carbocycles. The summed E-state index contributed by atoms with van der Waals surface area (Å²) in [5.74, 6) is -0.151. The van der Waals surface area contributed by atoms with E-state index in [-0.39, 0.29) is 11.3 Å². The Morgan fingerprint density at radius 2 is 1.82 bits per heavy atom. The Kier molecular flexibility index (Phi) is 4.50. The van der Waals surface area contributed by atoms with E-state index in [0.29, 0.717) is 27.7 Å². The van der Waals surface area contributed by atoms with E-state index in [0.717, 1.165) is 5.56 Å². The molecule has 4 rings (SSSR count). The minimum absolute atomic E-state index is 0.0189. The van der Waals surface area contributed by atoms with Gasteiger partial charge >= 0.3 is 0 Å². The van der Waals surface area contributed by atoms with Crippen molar-refractivity contribution in [2.75, 3.05) is 5.32 Å². The Morgan fingerprint density at radius 3 is 2.57 bits per heavy atom. The predicted octanol–water partition coefficient (Wildman–Crippen LogP) is 5.31. The molecule has 0 radical (unpaired) electrons. The number of halogens is 1. The number of nitro groups is 1. The molecule has 0 bridgehead atoms. The van der Waals surface area contributed by atoms with Crippen LogP contribution >= 0.6 is 11.6 Å². The molecule has 28 heavy (non-hydrogen) atoms. The number of carbonyl (C=O) groups excluding carboxylic acids is 1. The number of hydrogen-bond donors (Lipinski definition) is 1. The number of carbonyl (C=O) groups is 1. The number of anilines is 1. The molecule has 0 unspecified atom stereocenters. The number of oxazole rings is 1. The average Bonchev–Trinajstić information content (AvgIpc) is 3.11. The van der Waals surface area contributed by atoms with Crippen LogP contribution in [0, 0.1) is 10.1 Å². The number of amides is 1. The number of rotatable bonds is 4. The zero-order chi connectivity index (χ0) is 19.7. The fourth-order valence-electron chi connectivity index (χ4n) is 2.74. The number of hydrogen-bond acceptors (Lipinski definition) is 5. The first kappa shape index (κ1) is 17.7. The van der Waals surface area contributed by atoms with Crippen LogP contribution in [0.25, 0.3) is 22.6 Å². The second-order valence-corrected chi connectivity index (χ2v) is 6.37. The standard InChI is InChI=1S/C20H12ClN3O4/c21-13-7-5-12(6-8-13)20-23-16-11-14(9-10-18(16)28-20)22-19(25)15-3-1-2-4-17(15)24(26)27/h1-11H,(H,22,25). The first-order valence-corrected chi connectivity index (χ1v) is 8.60. The Labute approximate surface area is 163 Å². The molecule has 7 nitrogen and oxygen atoms in total. The normalized spacial score (nSPS) is 10.8. The highest BCUT2D eigenvalue weighted by Gasteiger charge is 2.19. The Hall–Kier alpha value is -3.71. The zero-order valence-electron chi connectivity index (χ0n) is 14.3. The summed E-state index contributed by atoms with van der Waals surface area (Å²) in [5, 5.41) is 14.4. The number of benzene rings is 3. The highest BCUT2D eigenvalue weighted by atomic mass is 35.5. The van der Waals surface area contributed by atoms with Gasteiger partial charge in [0.05, 0.1) is 4.92 Å². The van der Waals surface area contributed by atoms with Crippen molar-refractivity contribution in [2.45, 2.75) is 0 Å². The first-order valence-electron chi connectivity index (χ1n) is 8.22. The minimum Gasteiger partial charge on any atom is -0.436 e. The highest BCUT2D eigenvalue weighted by Crippen LogP contribution is 2.27. The van der Waals surface area contributed by atoms with Gasteiger partial charge < -0.3 is 9.73 Å². The Balaban J connectivity index is 1.62. The van der Waals surface area contributed by atoms with Gasteiger partial charge in [-0.05, 0) is 48.5 Å². The monoisotopic (exact) mass is 393 g/mol. The van der Waals surface area contributed by atoms with Crippen LogP contribution in [0.2, 0.25) is 5.02 Å². The highest BCUT2D eigenvalue weighted by molar-refractivity contribution is 6.30. The fraction of sp³-hybridized carbons (Fsp3) is 0. The maximum atomic E-state index is 12.5. The maximum absolute atomic E-state index is 12.5. The van der Waals surface area contributed by atoms with Crippen molar-refractivity contribution in [3.8, 4) is 11.5 Å². The van der Waals surface area contributed by atoms with Crippen LogP contribution in [0.4, 0.5) is 11.4 Å². The third-order valence-corrected chi connectivity index (χ3v) is 4.33. The van der Waals surface area contributed by atoms with Crippen molar-refractivity contribution >= 4 is 40.0 Å². The average molecular weight is 394 g/mol. The van der Waals surface area contributed by atoms with E-state index in [9.17, 15) is 14.9 Å². The third kappa shape index (κ3) is 3.43. The summed E-state index contributed by atoms with van der Waals surface area (Å²) in [7, 11) is 0. The van der Waals surface area contributed by atoms with E-state index in [2.05, 4.69) is 10.3 Å². The van der Waals surface area contributed by atoms with Crippen molar-refractivity contribution in [1.82, 2.24) is 4.98 Å². The molecule has 0 saturated heterocycles. The molecule has 1 heterocycles. The number of aromatic nitrogens is 1. The summed E-state index contributed by atoms with van der Waals surface area (Å²) in [6, 6.07) is 17.8. The van der Waals surface area contributed by atoms with E-state index >= 15 is 0 Å². The molecule has 0 spiro atoms. The van der Waals surface area contributed by atoms with Crippen molar-refractivity contribution in [3.63, 3.8) is 0 Å². The summed E-state index contributed by atoms with van der Waals surface area (Å²) in [6.45, 7) is 0. The van der Waals surface area contributed by atoms with Crippen molar-refractivity contribution in [1.29, 1.82) is 0 Å². The summed E-state index contributed by atoms with van der Waals surface area (Å²) in [5.41, 5.74) is 2.04. The molecule has 4 aromatic rings. The van der Waals surface area contributed by atoms with Crippen LogP contribution in [0.15, 0.2) is 71.1 Å². The molecule has 0 aliphatic carbocycles. The van der Waals surface area contributed by atoms with Crippen LogP contribution in [0.5, 0.6) is 0 Å². The van der Waals surface area contributed by atoms with Gasteiger partial charge in [0.25, 0.3) is 11.6 Å². The predicted molar refractivity (Wildman–Crippen MR) is 106 cm³/mol. The maximum Gasteiger partial charge on any atom is 0.282 e. The van der Waals surface area contributed by atoms with Crippen molar-refractivity contribution in [3.05, 3.63) is 87.4 Å². The molecular formula is C20H12ClN3O4. The van der Waals surface area contributed by atoms with Gasteiger partial charge in [0, 0.05) is 22.3 Å². The molecule has 3 aromatic carbocycles. The molecule has 8 heteroatoms. The quantitative estimate of drug-likeness (QED) is 0.374. The van der Waals surface area contributed by atoms with Gasteiger partial charge in [0.2, 0.25) is 5.89 Å². The topological polar surface area (TPSA) is 98.3 Å². The van der Waals surface area contributed by atoms with Gasteiger partial charge in [-0.2, -0.15) is 0 Å². The summed E-state index contributed by atoms with van der Waals surface area (Å²) in [6.07, 6.45) is 0.